The smallest absolute Gasteiger partial charge is 0.246 e. The van der Waals surface area contributed by atoms with E-state index >= 15 is 0 Å². The summed E-state index contributed by atoms with van der Waals surface area (Å²) < 4.78 is 53.6. The predicted octanol–water partition coefficient (Wildman–Crippen LogP) is 2.99. The second kappa shape index (κ2) is 8.36. The maximum atomic E-state index is 13.9. The van der Waals surface area contributed by atoms with E-state index in [4.69, 9.17) is 0 Å². The van der Waals surface area contributed by atoms with Crippen molar-refractivity contribution in [2.75, 3.05) is 26.2 Å². The monoisotopic (exact) mass is 408 g/mol. The Morgan fingerprint density at radius 3 is 2.32 bits per heavy atom. The van der Waals surface area contributed by atoms with Crippen LogP contribution in [0.2, 0.25) is 0 Å². The minimum absolute atomic E-state index is 0.0454. The van der Waals surface area contributed by atoms with Gasteiger partial charge in [0.25, 0.3) is 0 Å². The number of benzene rings is 2. The number of sulfonamides is 1. The van der Waals surface area contributed by atoms with Crippen molar-refractivity contribution < 1.29 is 22.0 Å². The Morgan fingerprint density at radius 1 is 1.04 bits per heavy atom. The molecule has 1 amide bonds. The summed E-state index contributed by atoms with van der Waals surface area (Å²) >= 11 is 0. The van der Waals surface area contributed by atoms with Gasteiger partial charge in [-0.15, -0.1) is 0 Å². The zero-order valence-corrected chi connectivity index (χ0v) is 16.3. The Hall–Kier alpha value is -2.32. The molecular formula is C20H22F2N2O3S. The summed E-state index contributed by atoms with van der Waals surface area (Å²) in [6, 6.07) is 12.1. The highest BCUT2D eigenvalue weighted by atomic mass is 32.2. The fraction of sp³-hybridized carbons (Fsp3) is 0.350. The van der Waals surface area contributed by atoms with Crippen LogP contribution >= 0.6 is 0 Å². The first kappa shape index (κ1) is 20.4. The van der Waals surface area contributed by atoms with Gasteiger partial charge < -0.3 is 4.90 Å². The lowest BCUT2D eigenvalue weighted by Gasteiger charge is -2.34. The second-order valence-electron chi connectivity index (χ2n) is 6.88. The molecule has 0 aliphatic carbocycles. The van der Waals surface area contributed by atoms with Gasteiger partial charge in [0.05, 0.1) is 0 Å². The summed E-state index contributed by atoms with van der Waals surface area (Å²) in [4.78, 5) is 13.5. The van der Waals surface area contributed by atoms with Gasteiger partial charge in [-0.1, -0.05) is 37.3 Å². The Balaban J connectivity index is 1.62. The second-order valence-corrected chi connectivity index (χ2v) is 8.78. The molecule has 1 aliphatic rings. The van der Waals surface area contributed by atoms with E-state index in [0.717, 1.165) is 22.0 Å². The van der Waals surface area contributed by atoms with Crippen LogP contribution in [0.5, 0.6) is 0 Å². The van der Waals surface area contributed by atoms with Gasteiger partial charge in [-0.2, -0.15) is 4.31 Å². The third kappa shape index (κ3) is 4.39. The molecule has 150 valence electrons. The van der Waals surface area contributed by atoms with Gasteiger partial charge in [0, 0.05) is 32.6 Å². The highest BCUT2D eigenvalue weighted by Gasteiger charge is 2.32. The van der Waals surface area contributed by atoms with E-state index in [1.807, 2.05) is 37.3 Å². The number of piperazine rings is 1. The maximum Gasteiger partial charge on any atom is 0.246 e. The molecular weight excluding hydrogens is 386 g/mol. The minimum Gasteiger partial charge on any atom is -0.340 e. The molecule has 1 atom stereocenters. The van der Waals surface area contributed by atoms with Gasteiger partial charge in [0.1, 0.15) is 16.5 Å². The van der Waals surface area contributed by atoms with Crippen LogP contribution in [0.25, 0.3) is 0 Å². The van der Waals surface area contributed by atoms with E-state index in [-0.39, 0.29) is 38.0 Å². The zero-order chi connectivity index (χ0) is 20.3. The standard InChI is InChI=1S/C20H22F2N2O3S/c1-15(16-5-3-2-4-6-16)13-20(25)23-9-11-24(12-10-23)28(26,27)19-14-17(21)7-8-18(19)22/h2-8,14-15H,9-13H2,1H3/t15-/m0/s1. The summed E-state index contributed by atoms with van der Waals surface area (Å²) in [5, 5.41) is 0. The lowest BCUT2D eigenvalue weighted by atomic mass is 9.97. The SMILES string of the molecule is C[C@@H](CC(=O)N1CCN(S(=O)(=O)c2cc(F)ccc2F)CC1)c1ccccc1. The third-order valence-electron chi connectivity index (χ3n) is 4.95. The number of amides is 1. The molecule has 3 rings (SSSR count). The van der Waals surface area contributed by atoms with E-state index in [2.05, 4.69) is 0 Å². The number of nitrogens with zero attached hydrogens (tertiary/aromatic N) is 2. The fourth-order valence-electron chi connectivity index (χ4n) is 3.28. The van der Waals surface area contributed by atoms with E-state index in [1.54, 1.807) is 4.90 Å². The molecule has 1 aliphatic heterocycles. The van der Waals surface area contributed by atoms with Gasteiger partial charge in [-0.25, -0.2) is 17.2 Å². The van der Waals surface area contributed by atoms with Crippen molar-refractivity contribution in [3.8, 4) is 0 Å². The van der Waals surface area contributed by atoms with Crippen LogP contribution in [0.1, 0.15) is 24.8 Å². The zero-order valence-electron chi connectivity index (χ0n) is 15.5. The number of rotatable bonds is 5. The Morgan fingerprint density at radius 2 is 1.68 bits per heavy atom. The lowest BCUT2D eigenvalue weighted by Crippen LogP contribution is -2.50. The summed E-state index contributed by atoms with van der Waals surface area (Å²) in [6.45, 7) is 2.50. The highest BCUT2D eigenvalue weighted by molar-refractivity contribution is 7.89. The normalized spacial score (nSPS) is 16.8. The van der Waals surface area contributed by atoms with Crippen LogP contribution in [0.4, 0.5) is 8.78 Å². The Labute approximate surface area is 163 Å². The van der Waals surface area contributed by atoms with Crippen molar-refractivity contribution in [1.29, 1.82) is 0 Å². The molecule has 0 N–H and O–H groups in total. The molecule has 5 nitrogen and oxygen atoms in total. The van der Waals surface area contributed by atoms with Crippen LogP contribution in [-0.4, -0.2) is 49.7 Å². The summed E-state index contributed by atoms with van der Waals surface area (Å²) in [7, 11) is -4.15. The quantitative estimate of drug-likeness (QED) is 0.764. The van der Waals surface area contributed by atoms with Crippen LogP contribution in [0.3, 0.4) is 0 Å². The molecule has 28 heavy (non-hydrogen) atoms. The first-order chi connectivity index (χ1) is 13.3. The Bertz CT molecular complexity index is 943. The molecule has 2 aromatic rings. The first-order valence-electron chi connectivity index (χ1n) is 9.07. The van der Waals surface area contributed by atoms with Gasteiger partial charge in [-0.05, 0) is 29.7 Å². The van der Waals surface area contributed by atoms with Crippen molar-refractivity contribution in [2.45, 2.75) is 24.2 Å². The highest BCUT2D eigenvalue weighted by Crippen LogP contribution is 2.23. The van der Waals surface area contributed by atoms with Crippen molar-refractivity contribution in [3.05, 3.63) is 65.7 Å². The molecule has 8 heteroatoms. The van der Waals surface area contributed by atoms with E-state index in [0.29, 0.717) is 12.5 Å². The molecule has 0 aromatic heterocycles. The fourth-order valence-corrected chi connectivity index (χ4v) is 4.78. The first-order valence-corrected chi connectivity index (χ1v) is 10.5. The number of carbonyl (C=O) groups is 1. The molecule has 1 fully saturated rings. The molecule has 0 bridgehead atoms. The van der Waals surface area contributed by atoms with Crippen molar-refractivity contribution in [3.63, 3.8) is 0 Å². The summed E-state index contributed by atoms with van der Waals surface area (Å²) in [6.07, 6.45) is 0.329. The molecule has 1 saturated heterocycles. The summed E-state index contributed by atoms with van der Waals surface area (Å²) in [5.41, 5.74) is 1.07. The van der Waals surface area contributed by atoms with E-state index < -0.39 is 26.6 Å². The van der Waals surface area contributed by atoms with Crippen molar-refractivity contribution in [2.24, 2.45) is 0 Å². The molecule has 0 saturated carbocycles. The molecule has 2 aromatic carbocycles. The van der Waals surface area contributed by atoms with Gasteiger partial charge in [0.2, 0.25) is 15.9 Å². The van der Waals surface area contributed by atoms with Crippen LogP contribution in [-0.2, 0) is 14.8 Å². The molecule has 0 spiro atoms. The van der Waals surface area contributed by atoms with Gasteiger partial charge >= 0.3 is 0 Å². The topological polar surface area (TPSA) is 57.7 Å². The summed E-state index contributed by atoms with van der Waals surface area (Å²) in [5.74, 6) is -1.80. The molecule has 0 unspecified atom stereocenters. The number of halogens is 2. The molecule has 0 radical (unpaired) electrons. The lowest BCUT2D eigenvalue weighted by molar-refractivity contribution is -0.132. The number of hydrogen-bond acceptors (Lipinski definition) is 3. The van der Waals surface area contributed by atoms with Crippen molar-refractivity contribution >= 4 is 15.9 Å². The Kier molecular flexibility index (Phi) is 6.10. The maximum absolute atomic E-state index is 13.9. The van der Waals surface area contributed by atoms with Crippen molar-refractivity contribution in [1.82, 2.24) is 9.21 Å². The molecule has 1 heterocycles. The van der Waals surface area contributed by atoms with Gasteiger partial charge in [0.15, 0.2) is 0 Å². The predicted molar refractivity (Wildman–Crippen MR) is 101 cm³/mol. The largest absolute Gasteiger partial charge is 0.340 e. The van der Waals surface area contributed by atoms with Crippen LogP contribution in [0.15, 0.2) is 53.4 Å². The number of hydrogen-bond donors (Lipinski definition) is 0. The van der Waals surface area contributed by atoms with E-state index in [1.165, 1.54) is 0 Å². The minimum atomic E-state index is -4.15. The van der Waals surface area contributed by atoms with E-state index in [9.17, 15) is 22.0 Å². The van der Waals surface area contributed by atoms with Crippen LogP contribution < -0.4 is 0 Å². The average molecular weight is 408 g/mol. The third-order valence-corrected chi connectivity index (χ3v) is 6.87. The average Bonchev–Trinajstić information content (AvgIpc) is 2.70. The van der Waals surface area contributed by atoms with Gasteiger partial charge in [-0.3, -0.25) is 4.79 Å². The van der Waals surface area contributed by atoms with Crippen LogP contribution in [0, 0.1) is 11.6 Å². The number of carbonyl (C=O) groups excluding carboxylic acids is 1.